The van der Waals surface area contributed by atoms with Crippen LogP contribution in [-0.2, 0) is 16.3 Å². The number of rotatable bonds is 14. The topological polar surface area (TPSA) is 64.0 Å². The fraction of sp³-hybridized carbons (Fsp3) is 0.471. The summed E-state index contributed by atoms with van der Waals surface area (Å²) in [5.41, 5.74) is 1.87. The van der Waals surface area contributed by atoms with Gasteiger partial charge in [0.25, 0.3) is 5.56 Å². The molecule has 1 aliphatic heterocycles. The van der Waals surface area contributed by atoms with Gasteiger partial charge in [-0.3, -0.25) is 19.1 Å². The molecule has 1 saturated heterocycles. The summed E-state index contributed by atoms with van der Waals surface area (Å²) in [5.74, 6) is 0.284. The number of fused-ring (bicyclic) bond motifs is 2. The zero-order chi connectivity index (χ0) is 29.3. The highest BCUT2D eigenvalue weighted by Crippen LogP contribution is 2.31. The van der Waals surface area contributed by atoms with Gasteiger partial charge in [-0.2, -0.15) is 0 Å². The van der Waals surface area contributed by atoms with Crippen molar-refractivity contribution in [2.75, 3.05) is 44.2 Å². The van der Waals surface area contributed by atoms with E-state index in [1.165, 1.54) is 26.4 Å². The van der Waals surface area contributed by atoms with Crippen molar-refractivity contribution in [1.29, 1.82) is 0 Å². The van der Waals surface area contributed by atoms with Gasteiger partial charge >= 0.3 is 5.97 Å². The molecule has 0 bridgehead atoms. The molecular formula is C34H43N3O4S. The van der Waals surface area contributed by atoms with E-state index in [-0.39, 0.29) is 24.2 Å². The lowest BCUT2D eigenvalue weighted by Crippen LogP contribution is -2.46. The summed E-state index contributed by atoms with van der Waals surface area (Å²) in [6.07, 6.45) is 6.06. The average Bonchev–Trinajstić information content (AvgIpc) is 3.50. The van der Waals surface area contributed by atoms with Crippen LogP contribution in [0.1, 0.15) is 52.4 Å². The minimum absolute atomic E-state index is 0.0910. The van der Waals surface area contributed by atoms with Crippen LogP contribution in [0.3, 0.4) is 0 Å². The quantitative estimate of drug-likeness (QED) is 0.118. The number of unbranched alkanes of at least 4 members (excludes halogenated alkanes) is 3. The second-order valence-electron chi connectivity index (χ2n) is 11.3. The minimum Gasteiger partial charge on any atom is -0.494 e. The van der Waals surface area contributed by atoms with Gasteiger partial charge in [0, 0.05) is 54.1 Å². The number of carbonyl (C=O) groups is 1. The molecule has 0 radical (unpaired) electrons. The van der Waals surface area contributed by atoms with E-state index in [0.29, 0.717) is 12.1 Å². The van der Waals surface area contributed by atoms with Crippen molar-refractivity contribution in [3.05, 3.63) is 70.3 Å². The Kier molecular flexibility index (Phi) is 10.5. The summed E-state index contributed by atoms with van der Waals surface area (Å²) in [5, 5.41) is 4.45. The van der Waals surface area contributed by atoms with Crippen molar-refractivity contribution in [2.24, 2.45) is 5.92 Å². The van der Waals surface area contributed by atoms with Crippen molar-refractivity contribution in [3.63, 3.8) is 0 Å². The summed E-state index contributed by atoms with van der Waals surface area (Å²) >= 11 is 1.81. The van der Waals surface area contributed by atoms with Gasteiger partial charge in [-0.1, -0.05) is 39.2 Å². The zero-order valence-corrected chi connectivity index (χ0v) is 25.7. The van der Waals surface area contributed by atoms with Crippen molar-refractivity contribution < 1.29 is 14.3 Å². The summed E-state index contributed by atoms with van der Waals surface area (Å²) in [7, 11) is 0. The number of pyridine rings is 1. The Bertz CT molecular complexity index is 1520. The van der Waals surface area contributed by atoms with E-state index in [2.05, 4.69) is 46.4 Å². The van der Waals surface area contributed by atoms with Gasteiger partial charge < -0.3 is 14.4 Å². The number of aromatic nitrogens is 1. The molecular weight excluding hydrogens is 546 g/mol. The molecule has 1 unspecified atom stereocenters. The van der Waals surface area contributed by atoms with Crippen LogP contribution in [0.15, 0.2) is 64.8 Å². The largest absolute Gasteiger partial charge is 0.494 e. The second kappa shape index (κ2) is 14.7. The minimum atomic E-state index is -0.261. The first kappa shape index (κ1) is 30.1. The fourth-order valence-electron chi connectivity index (χ4n) is 5.67. The van der Waals surface area contributed by atoms with Crippen LogP contribution in [0.5, 0.6) is 5.75 Å². The number of nitrogens with zero attached hydrogens (tertiary/aromatic N) is 3. The smallest absolute Gasteiger partial charge is 0.310 e. The number of hydrogen-bond donors (Lipinski definition) is 0. The normalized spacial score (nSPS) is 14.9. The Morgan fingerprint density at radius 3 is 2.64 bits per heavy atom. The predicted octanol–water partition coefficient (Wildman–Crippen LogP) is 6.91. The van der Waals surface area contributed by atoms with Crippen LogP contribution in [0.25, 0.3) is 21.0 Å². The van der Waals surface area contributed by atoms with Crippen LogP contribution in [0.4, 0.5) is 5.69 Å². The van der Waals surface area contributed by atoms with Crippen LogP contribution in [-0.4, -0.2) is 54.8 Å². The highest BCUT2D eigenvalue weighted by molar-refractivity contribution is 7.17. The lowest BCUT2D eigenvalue weighted by Gasteiger charge is -2.36. The molecule has 2 aromatic heterocycles. The number of piperazine rings is 1. The molecule has 0 saturated carbocycles. The van der Waals surface area contributed by atoms with E-state index < -0.39 is 0 Å². The molecule has 4 aromatic rings. The van der Waals surface area contributed by atoms with Crippen LogP contribution in [0, 0.1) is 5.92 Å². The van der Waals surface area contributed by atoms with E-state index in [0.717, 1.165) is 82.4 Å². The Morgan fingerprint density at radius 1 is 0.976 bits per heavy atom. The molecule has 0 spiro atoms. The summed E-state index contributed by atoms with van der Waals surface area (Å²) in [4.78, 5) is 30.2. The third-order valence-electron chi connectivity index (χ3n) is 8.27. The van der Waals surface area contributed by atoms with E-state index >= 15 is 0 Å². The number of ether oxygens (including phenoxy) is 2. The highest BCUT2D eigenvalue weighted by atomic mass is 32.1. The number of hydrogen-bond acceptors (Lipinski definition) is 7. The molecule has 0 amide bonds. The highest BCUT2D eigenvalue weighted by Gasteiger charge is 2.19. The van der Waals surface area contributed by atoms with Gasteiger partial charge in [0.15, 0.2) is 6.73 Å². The number of anilines is 1. The molecule has 0 N–H and O–H groups in total. The molecule has 3 heterocycles. The van der Waals surface area contributed by atoms with Gasteiger partial charge in [-0.05, 0) is 73.0 Å². The van der Waals surface area contributed by atoms with Crippen molar-refractivity contribution in [3.8, 4) is 5.75 Å². The first-order chi connectivity index (χ1) is 20.5. The molecule has 1 atom stereocenters. The van der Waals surface area contributed by atoms with Crippen LogP contribution in [0.2, 0.25) is 0 Å². The second-order valence-corrected chi connectivity index (χ2v) is 12.3. The van der Waals surface area contributed by atoms with E-state index in [9.17, 15) is 9.59 Å². The lowest BCUT2D eigenvalue weighted by atomic mass is 10.0. The van der Waals surface area contributed by atoms with Crippen molar-refractivity contribution >= 4 is 44.0 Å². The SMILES string of the molecule is CCCCCC(C)C(=O)OCn1c(=O)ccc2ccc(OCCCCN3CCN(c4cccc5sccc45)CC3)cc21. The van der Waals surface area contributed by atoms with Gasteiger partial charge in [-0.15, -0.1) is 11.3 Å². The van der Waals surface area contributed by atoms with Crippen molar-refractivity contribution in [2.45, 2.75) is 59.1 Å². The Balaban J connectivity index is 1.07. The Labute approximate surface area is 252 Å². The maximum atomic E-state index is 12.7. The zero-order valence-electron chi connectivity index (χ0n) is 24.9. The van der Waals surface area contributed by atoms with E-state index in [4.69, 9.17) is 9.47 Å². The van der Waals surface area contributed by atoms with E-state index in [1.807, 2.05) is 25.1 Å². The van der Waals surface area contributed by atoms with Crippen molar-refractivity contribution in [1.82, 2.24) is 9.47 Å². The fourth-order valence-corrected chi connectivity index (χ4v) is 6.48. The monoisotopic (exact) mass is 589 g/mol. The van der Waals surface area contributed by atoms with Gasteiger partial charge in [0.2, 0.25) is 0 Å². The molecule has 8 heteroatoms. The molecule has 1 aliphatic rings. The molecule has 5 rings (SSSR count). The predicted molar refractivity (Wildman–Crippen MR) is 173 cm³/mol. The summed E-state index contributed by atoms with van der Waals surface area (Å²) in [6.45, 7) is 9.89. The number of thiophene rings is 1. The number of esters is 1. The van der Waals surface area contributed by atoms with Crippen LogP contribution < -0.4 is 15.2 Å². The van der Waals surface area contributed by atoms with Gasteiger partial charge in [-0.25, -0.2) is 0 Å². The maximum Gasteiger partial charge on any atom is 0.310 e. The summed E-state index contributed by atoms with van der Waals surface area (Å²) in [6, 6.07) is 17.9. The van der Waals surface area contributed by atoms with Gasteiger partial charge in [0.1, 0.15) is 5.75 Å². The average molecular weight is 590 g/mol. The molecule has 1 fully saturated rings. The molecule has 42 heavy (non-hydrogen) atoms. The standard InChI is InChI=1S/C34H43N3O4S/c1-3-4-5-9-26(2)34(39)41-25-37-31-24-28(14-12-27(31)13-15-33(37)38)40-22-7-6-17-35-18-20-36(21-19-35)30-10-8-11-32-29(30)16-23-42-32/h8,10-16,23-24,26H,3-7,9,17-22,25H2,1-2H3. The third-order valence-corrected chi connectivity index (χ3v) is 9.15. The van der Waals surface area contributed by atoms with E-state index in [1.54, 1.807) is 17.4 Å². The van der Waals surface area contributed by atoms with Crippen LogP contribution >= 0.6 is 11.3 Å². The molecule has 224 valence electrons. The Hall–Kier alpha value is -3.36. The molecule has 7 nitrogen and oxygen atoms in total. The summed E-state index contributed by atoms with van der Waals surface area (Å²) < 4.78 is 14.5. The first-order valence-corrected chi connectivity index (χ1v) is 16.3. The number of carbonyl (C=O) groups excluding carboxylic acids is 1. The first-order valence-electron chi connectivity index (χ1n) is 15.4. The molecule has 2 aromatic carbocycles. The lowest BCUT2D eigenvalue weighted by molar-refractivity contribution is -0.152. The van der Waals surface area contributed by atoms with Gasteiger partial charge in [0.05, 0.1) is 18.0 Å². The number of benzene rings is 2. The maximum absolute atomic E-state index is 12.7. The third kappa shape index (κ3) is 7.53. The Morgan fingerprint density at radius 2 is 1.81 bits per heavy atom. The molecule has 0 aliphatic carbocycles.